The van der Waals surface area contributed by atoms with Crippen molar-refractivity contribution >= 4 is 17.2 Å². The standard InChI is InChI=1S/C12H19N3OS/c1-5-6-10(13)12(16)15-8(3)11-7(2)14-9(4)17-11/h5,8,10H,1,6,13H2,2-4H3,(H,15,16). The first-order valence-electron chi connectivity index (χ1n) is 5.56. The zero-order valence-corrected chi connectivity index (χ0v) is 11.3. The van der Waals surface area contributed by atoms with E-state index in [4.69, 9.17) is 5.73 Å². The molecule has 1 aromatic rings. The smallest absolute Gasteiger partial charge is 0.237 e. The maximum absolute atomic E-state index is 11.7. The number of hydrogen-bond donors (Lipinski definition) is 2. The molecular formula is C12H19N3OS. The van der Waals surface area contributed by atoms with Crippen LogP contribution in [0.5, 0.6) is 0 Å². The molecule has 1 amide bonds. The second kappa shape index (κ2) is 5.93. The highest BCUT2D eigenvalue weighted by molar-refractivity contribution is 7.11. The first-order valence-corrected chi connectivity index (χ1v) is 6.38. The Bertz CT molecular complexity index is 414. The fraction of sp³-hybridized carbons (Fsp3) is 0.500. The molecule has 94 valence electrons. The highest BCUT2D eigenvalue weighted by Gasteiger charge is 2.18. The molecule has 0 radical (unpaired) electrons. The van der Waals surface area contributed by atoms with E-state index in [9.17, 15) is 4.79 Å². The Hall–Kier alpha value is -1.20. The summed E-state index contributed by atoms with van der Waals surface area (Å²) in [6.45, 7) is 9.42. The Morgan fingerprint density at radius 2 is 2.29 bits per heavy atom. The van der Waals surface area contributed by atoms with Crippen LogP contribution >= 0.6 is 11.3 Å². The minimum absolute atomic E-state index is 0.0513. The summed E-state index contributed by atoms with van der Waals surface area (Å²) in [5, 5.41) is 3.90. The number of rotatable bonds is 5. The lowest BCUT2D eigenvalue weighted by molar-refractivity contribution is -0.122. The van der Waals surface area contributed by atoms with Gasteiger partial charge >= 0.3 is 0 Å². The fourth-order valence-electron chi connectivity index (χ4n) is 1.62. The predicted octanol–water partition coefficient (Wildman–Crippen LogP) is 1.84. The predicted molar refractivity (Wildman–Crippen MR) is 70.9 cm³/mol. The number of carbonyl (C=O) groups excluding carboxylic acids is 1. The minimum atomic E-state index is -0.524. The molecule has 0 saturated heterocycles. The van der Waals surface area contributed by atoms with E-state index in [2.05, 4.69) is 16.9 Å². The molecular weight excluding hydrogens is 234 g/mol. The molecule has 0 spiro atoms. The number of thiazole rings is 1. The average molecular weight is 253 g/mol. The van der Waals surface area contributed by atoms with Gasteiger partial charge in [0, 0.05) is 4.88 Å². The van der Waals surface area contributed by atoms with Gasteiger partial charge in [0.2, 0.25) is 5.91 Å². The third kappa shape index (κ3) is 3.64. The number of aryl methyl sites for hydroxylation is 2. The van der Waals surface area contributed by atoms with E-state index in [1.54, 1.807) is 17.4 Å². The first-order chi connectivity index (χ1) is 7.95. The molecule has 1 heterocycles. The molecule has 1 rings (SSSR count). The Morgan fingerprint density at radius 3 is 2.76 bits per heavy atom. The normalized spacial score (nSPS) is 14.1. The zero-order chi connectivity index (χ0) is 13.0. The van der Waals surface area contributed by atoms with E-state index < -0.39 is 6.04 Å². The van der Waals surface area contributed by atoms with Crippen molar-refractivity contribution in [2.45, 2.75) is 39.3 Å². The van der Waals surface area contributed by atoms with Crippen LogP contribution in [0.3, 0.4) is 0 Å². The number of nitrogens with zero attached hydrogens (tertiary/aromatic N) is 1. The number of carbonyl (C=O) groups is 1. The topological polar surface area (TPSA) is 68.0 Å². The van der Waals surface area contributed by atoms with Crippen molar-refractivity contribution in [2.24, 2.45) is 5.73 Å². The van der Waals surface area contributed by atoms with Crippen molar-refractivity contribution in [1.29, 1.82) is 0 Å². The van der Waals surface area contributed by atoms with Crippen LogP contribution in [0.1, 0.15) is 35.0 Å². The van der Waals surface area contributed by atoms with Crippen LogP contribution in [0.25, 0.3) is 0 Å². The molecule has 17 heavy (non-hydrogen) atoms. The average Bonchev–Trinajstić information content (AvgIpc) is 2.58. The van der Waals surface area contributed by atoms with Gasteiger partial charge in [-0.05, 0) is 27.2 Å². The van der Waals surface area contributed by atoms with Gasteiger partial charge in [0.15, 0.2) is 0 Å². The van der Waals surface area contributed by atoms with Gasteiger partial charge < -0.3 is 11.1 Å². The van der Waals surface area contributed by atoms with Gasteiger partial charge in [-0.2, -0.15) is 0 Å². The quantitative estimate of drug-likeness (QED) is 0.787. The van der Waals surface area contributed by atoms with E-state index in [-0.39, 0.29) is 11.9 Å². The first kappa shape index (κ1) is 13.9. The fourth-order valence-corrected chi connectivity index (χ4v) is 2.55. The summed E-state index contributed by atoms with van der Waals surface area (Å²) >= 11 is 1.60. The molecule has 3 N–H and O–H groups in total. The van der Waals surface area contributed by atoms with Crippen LogP contribution < -0.4 is 11.1 Å². The second-order valence-corrected chi connectivity index (χ2v) is 5.28. The molecule has 0 aliphatic carbocycles. The SMILES string of the molecule is C=CCC(N)C(=O)NC(C)c1sc(C)nc1C. The van der Waals surface area contributed by atoms with E-state index in [0.29, 0.717) is 6.42 Å². The molecule has 5 heteroatoms. The van der Waals surface area contributed by atoms with Gasteiger partial charge in [0.05, 0.1) is 22.8 Å². The van der Waals surface area contributed by atoms with Crippen molar-refractivity contribution in [2.75, 3.05) is 0 Å². The molecule has 0 aliphatic rings. The number of amides is 1. The summed E-state index contributed by atoms with van der Waals surface area (Å²) in [6.07, 6.45) is 2.14. The zero-order valence-electron chi connectivity index (χ0n) is 10.5. The molecule has 0 fully saturated rings. The molecule has 0 aromatic carbocycles. The van der Waals surface area contributed by atoms with Gasteiger partial charge in [0.25, 0.3) is 0 Å². The van der Waals surface area contributed by atoms with Crippen LogP contribution in [0.4, 0.5) is 0 Å². The Balaban J connectivity index is 2.66. The lowest BCUT2D eigenvalue weighted by Gasteiger charge is -2.16. The van der Waals surface area contributed by atoms with Gasteiger partial charge in [-0.25, -0.2) is 4.98 Å². The molecule has 2 atom stereocenters. The highest BCUT2D eigenvalue weighted by atomic mass is 32.1. The maximum Gasteiger partial charge on any atom is 0.237 e. The van der Waals surface area contributed by atoms with Gasteiger partial charge in [-0.15, -0.1) is 17.9 Å². The molecule has 1 aromatic heterocycles. The van der Waals surface area contributed by atoms with Crippen molar-refractivity contribution in [3.63, 3.8) is 0 Å². The van der Waals surface area contributed by atoms with Gasteiger partial charge in [-0.3, -0.25) is 4.79 Å². The van der Waals surface area contributed by atoms with Crippen LogP contribution in [0, 0.1) is 13.8 Å². The monoisotopic (exact) mass is 253 g/mol. The van der Waals surface area contributed by atoms with Crippen molar-refractivity contribution in [1.82, 2.24) is 10.3 Å². The summed E-state index contributed by atoms with van der Waals surface area (Å²) in [7, 11) is 0. The van der Waals surface area contributed by atoms with Gasteiger partial charge in [0.1, 0.15) is 0 Å². The number of hydrogen-bond acceptors (Lipinski definition) is 4. The third-order valence-corrected chi connectivity index (χ3v) is 3.70. The number of nitrogens with one attached hydrogen (secondary N) is 1. The van der Waals surface area contributed by atoms with Crippen LogP contribution in [0.2, 0.25) is 0 Å². The van der Waals surface area contributed by atoms with Crippen molar-refractivity contribution in [3.8, 4) is 0 Å². The minimum Gasteiger partial charge on any atom is -0.347 e. The number of aromatic nitrogens is 1. The Morgan fingerprint density at radius 1 is 1.65 bits per heavy atom. The molecule has 2 unspecified atom stereocenters. The van der Waals surface area contributed by atoms with Crippen LogP contribution in [-0.2, 0) is 4.79 Å². The lowest BCUT2D eigenvalue weighted by Crippen LogP contribution is -2.41. The summed E-state index contributed by atoms with van der Waals surface area (Å²) in [5.41, 5.74) is 6.67. The largest absolute Gasteiger partial charge is 0.347 e. The summed E-state index contributed by atoms with van der Waals surface area (Å²) in [5.74, 6) is -0.150. The number of nitrogens with two attached hydrogens (primary N) is 1. The highest BCUT2D eigenvalue weighted by Crippen LogP contribution is 2.24. The molecule has 0 bridgehead atoms. The van der Waals surface area contributed by atoms with Crippen molar-refractivity contribution < 1.29 is 4.79 Å². The van der Waals surface area contributed by atoms with Crippen LogP contribution in [0.15, 0.2) is 12.7 Å². The third-order valence-electron chi connectivity index (χ3n) is 2.45. The molecule has 0 aliphatic heterocycles. The van der Waals surface area contributed by atoms with Crippen LogP contribution in [-0.4, -0.2) is 16.9 Å². The Labute approximate surface area is 106 Å². The maximum atomic E-state index is 11.7. The van der Waals surface area contributed by atoms with E-state index in [0.717, 1.165) is 15.6 Å². The summed E-state index contributed by atoms with van der Waals surface area (Å²) in [6, 6.07) is -0.575. The lowest BCUT2D eigenvalue weighted by atomic mass is 10.2. The van der Waals surface area contributed by atoms with Crippen molar-refractivity contribution in [3.05, 3.63) is 28.2 Å². The van der Waals surface area contributed by atoms with E-state index >= 15 is 0 Å². The van der Waals surface area contributed by atoms with Gasteiger partial charge in [-0.1, -0.05) is 6.08 Å². The molecule has 4 nitrogen and oxygen atoms in total. The van der Waals surface area contributed by atoms with E-state index in [1.807, 2.05) is 20.8 Å². The van der Waals surface area contributed by atoms with E-state index in [1.165, 1.54) is 0 Å². The summed E-state index contributed by atoms with van der Waals surface area (Å²) in [4.78, 5) is 17.2. The second-order valence-electron chi connectivity index (χ2n) is 4.04. The summed E-state index contributed by atoms with van der Waals surface area (Å²) < 4.78 is 0. The Kier molecular flexibility index (Phi) is 4.84. The molecule has 0 saturated carbocycles.